The van der Waals surface area contributed by atoms with Gasteiger partial charge in [-0.25, -0.2) is 0 Å². The number of amides is 1. The van der Waals surface area contributed by atoms with Gasteiger partial charge in [-0.05, 0) is 11.8 Å². The third kappa shape index (κ3) is 3.22. The standard InChI is InChI=1S/C13H24N2O3/c1-8(2)11-13(17)15(7-6-10(16)18-5)12(14-11)9(3)4/h8-9,11-12,14H,6-7H2,1-5H3. The van der Waals surface area contributed by atoms with Crippen LogP contribution in [-0.2, 0) is 14.3 Å². The Morgan fingerprint density at radius 1 is 1.33 bits per heavy atom. The third-order valence-corrected chi connectivity index (χ3v) is 3.32. The molecule has 0 bridgehead atoms. The van der Waals surface area contributed by atoms with E-state index in [4.69, 9.17) is 0 Å². The first-order chi connectivity index (χ1) is 8.38. The number of nitrogens with one attached hydrogen (secondary N) is 1. The summed E-state index contributed by atoms with van der Waals surface area (Å²) in [7, 11) is 1.36. The maximum Gasteiger partial charge on any atom is 0.307 e. The lowest BCUT2D eigenvalue weighted by molar-refractivity contribution is -0.141. The second-order valence-electron chi connectivity index (χ2n) is 5.43. The van der Waals surface area contributed by atoms with Crippen LogP contribution in [0.25, 0.3) is 0 Å². The van der Waals surface area contributed by atoms with E-state index >= 15 is 0 Å². The highest BCUT2D eigenvalue weighted by atomic mass is 16.5. The zero-order valence-corrected chi connectivity index (χ0v) is 11.9. The minimum Gasteiger partial charge on any atom is -0.469 e. The average Bonchev–Trinajstić information content (AvgIpc) is 2.63. The number of nitrogens with zero attached hydrogens (tertiary/aromatic N) is 1. The van der Waals surface area contributed by atoms with E-state index in [9.17, 15) is 9.59 Å². The molecule has 1 saturated heterocycles. The summed E-state index contributed by atoms with van der Waals surface area (Å²) in [4.78, 5) is 25.2. The molecule has 1 aliphatic rings. The number of ether oxygens (including phenoxy) is 1. The highest BCUT2D eigenvalue weighted by Crippen LogP contribution is 2.21. The molecule has 104 valence electrons. The molecule has 1 N–H and O–H groups in total. The molecule has 1 aliphatic heterocycles. The maximum absolute atomic E-state index is 12.3. The van der Waals surface area contributed by atoms with Crippen molar-refractivity contribution in [3.63, 3.8) is 0 Å². The summed E-state index contributed by atoms with van der Waals surface area (Å²) in [6.07, 6.45) is 0.257. The Labute approximate surface area is 109 Å². The first-order valence-corrected chi connectivity index (χ1v) is 6.51. The summed E-state index contributed by atoms with van der Waals surface area (Å²) in [5.74, 6) is 0.378. The van der Waals surface area contributed by atoms with Gasteiger partial charge in [0, 0.05) is 6.54 Å². The van der Waals surface area contributed by atoms with Crippen molar-refractivity contribution in [2.75, 3.05) is 13.7 Å². The normalized spacial score (nSPS) is 24.2. The van der Waals surface area contributed by atoms with E-state index in [2.05, 4.69) is 23.9 Å². The average molecular weight is 256 g/mol. The number of hydrogen-bond acceptors (Lipinski definition) is 4. The van der Waals surface area contributed by atoms with E-state index < -0.39 is 0 Å². The fourth-order valence-corrected chi connectivity index (χ4v) is 2.25. The molecule has 5 heteroatoms. The van der Waals surface area contributed by atoms with Gasteiger partial charge < -0.3 is 9.64 Å². The first kappa shape index (κ1) is 15.0. The van der Waals surface area contributed by atoms with E-state index in [-0.39, 0.29) is 36.4 Å². The lowest BCUT2D eigenvalue weighted by Crippen LogP contribution is -2.42. The van der Waals surface area contributed by atoms with E-state index in [1.165, 1.54) is 7.11 Å². The Hall–Kier alpha value is -1.10. The quantitative estimate of drug-likeness (QED) is 0.745. The van der Waals surface area contributed by atoms with Crippen molar-refractivity contribution in [3.05, 3.63) is 0 Å². The van der Waals surface area contributed by atoms with Gasteiger partial charge in [-0.1, -0.05) is 27.7 Å². The van der Waals surface area contributed by atoms with Crippen LogP contribution in [0, 0.1) is 11.8 Å². The zero-order valence-electron chi connectivity index (χ0n) is 11.9. The second kappa shape index (κ2) is 6.18. The minimum atomic E-state index is -0.279. The number of carbonyl (C=O) groups is 2. The van der Waals surface area contributed by atoms with Crippen molar-refractivity contribution < 1.29 is 14.3 Å². The SMILES string of the molecule is COC(=O)CCN1C(=O)C(C(C)C)NC1C(C)C. The summed E-state index contributed by atoms with van der Waals surface area (Å²) in [5, 5.41) is 3.36. The molecule has 0 saturated carbocycles. The summed E-state index contributed by atoms with van der Waals surface area (Å²) in [5.41, 5.74) is 0. The number of hydrogen-bond donors (Lipinski definition) is 1. The molecule has 1 amide bonds. The molecule has 0 aromatic carbocycles. The molecule has 0 radical (unpaired) electrons. The van der Waals surface area contributed by atoms with Gasteiger partial charge in [0.2, 0.25) is 5.91 Å². The molecule has 0 spiro atoms. The summed E-state index contributed by atoms with van der Waals surface area (Å²) < 4.78 is 4.62. The number of esters is 1. The van der Waals surface area contributed by atoms with Gasteiger partial charge in [0.1, 0.15) is 0 Å². The second-order valence-corrected chi connectivity index (χ2v) is 5.43. The van der Waals surface area contributed by atoms with Crippen LogP contribution < -0.4 is 5.32 Å². The van der Waals surface area contributed by atoms with Crippen molar-refractivity contribution in [1.29, 1.82) is 0 Å². The van der Waals surface area contributed by atoms with Gasteiger partial charge in [-0.15, -0.1) is 0 Å². The van der Waals surface area contributed by atoms with Gasteiger partial charge in [0.05, 0.1) is 25.7 Å². The summed E-state index contributed by atoms with van der Waals surface area (Å²) in [6, 6.07) is -0.143. The fraction of sp³-hybridized carbons (Fsp3) is 0.846. The molecule has 18 heavy (non-hydrogen) atoms. The number of rotatable bonds is 5. The molecule has 0 aromatic rings. The van der Waals surface area contributed by atoms with Crippen LogP contribution in [0.3, 0.4) is 0 Å². The third-order valence-electron chi connectivity index (χ3n) is 3.32. The van der Waals surface area contributed by atoms with Crippen LogP contribution in [0.4, 0.5) is 0 Å². The Bertz CT molecular complexity index is 315. The van der Waals surface area contributed by atoms with Gasteiger partial charge >= 0.3 is 5.97 Å². The summed E-state index contributed by atoms with van der Waals surface area (Å²) in [6.45, 7) is 8.61. The van der Waals surface area contributed by atoms with Crippen LogP contribution in [0.5, 0.6) is 0 Å². The molecule has 1 fully saturated rings. The minimum absolute atomic E-state index is 0.00885. The van der Waals surface area contributed by atoms with Crippen molar-refractivity contribution in [2.24, 2.45) is 11.8 Å². The maximum atomic E-state index is 12.3. The monoisotopic (exact) mass is 256 g/mol. The molecule has 2 atom stereocenters. The van der Waals surface area contributed by atoms with Crippen molar-refractivity contribution in [1.82, 2.24) is 10.2 Å². The number of carbonyl (C=O) groups excluding carboxylic acids is 2. The molecule has 0 aromatic heterocycles. The molecule has 0 aliphatic carbocycles. The van der Waals surface area contributed by atoms with E-state index in [1.54, 1.807) is 4.90 Å². The van der Waals surface area contributed by atoms with E-state index in [0.29, 0.717) is 12.5 Å². The van der Waals surface area contributed by atoms with Crippen molar-refractivity contribution >= 4 is 11.9 Å². The van der Waals surface area contributed by atoms with E-state index in [1.807, 2.05) is 13.8 Å². The molecule has 1 heterocycles. The van der Waals surface area contributed by atoms with Crippen molar-refractivity contribution in [2.45, 2.75) is 46.3 Å². The lowest BCUT2D eigenvalue weighted by atomic mass is 10.0. The van der Waals surface area contributed by atoms with Gasteiger partial charge in [-0.3, -0.25) is 14.9 Å². The predicted molar refractivity (Wildman–Crippen MR) is 68.7 cm³/mol. The van der Waals surface area contributed by atoms with Gasteiger partial charge in [0.25, 0.3) is 0 Å². The van der Waals surface area contributed by atoms with Crippen LogP contribution in [0.1, 0.15) is 34.1 Å². The molecule has 5 nitrogen and oxygen atoms in total. The molecular weight excluding hydrogens is 232 g/mol. The predicted octanol–water partition coefficient (Wildman–Crippen LogP) is 0.988. The number of methoxy groups -OCH3 is 1. The van der Waals surface area contributed by atoms with Crippen molar-refractivity contribution in [3.8, 4) is 0 Å². The largest absolute Gasteiger partial charge is 0.469 e. The molecule has 2 unspecified atom stereocenters. The highest BCUT2D eigenvalue weighted by molar-refractivity contribution is 5.85. The Kier molecular flexibility index (Phi) is 5.14. The fourth-order valence-electron chi connectivity index (χ4n) is 2.25. The highest BCUT2D eigenvalue weighted by Gasteiger charge is 2.41. The Morgan fingerprint density at radius 3 is 2.39 bits per heavy atom. The Balaban J connectivity index is 2.72. The summed E-state index contributed by atoms with van der Waals surface area (Å²) >= 11 is 0. The van der Waals surface area contributed by atoms with Crippen LogP contribution in [0.2, 0.25) is 0 Å². The van der Waals surface area contributed by atoms with Crippen LogP contribution >= 0.6 is 0 Å². The Morgan fingerprint density at radius 2 is 1.94 bits per heavy atom. The zero-order chi connectivity index (χ0) is 13.9. The van der Waals surface area contributed by atoms with Crippen LogP contribution in [-0.4, -0.2) is 42.6 Å². The van der Waals surface area contributed by atoms with Gasteiger partial charge in [0.15, 0.2) is 0 Å². The molecular formula is C13H24N2O3. The topological polar surface area (TPSA) is 58.6 Å². The lowest BCUT2D eigenvalue weighted by Gasteiger charge is -2.26. The van der Waals surface area contributed by atoms with E-state index in [0.717, 1.165) is 0 Å². The smallest absolute Gasteiger partial charge is 0.307 e. The van der Waals surface area contributed by atoms with Crippen LogP contribution in [0.15, 0.2) is 0 Å². The molecule has 1 rings (SSSR count). The first-order valence-electron chi connectivity index (χ1n) is 6.51. The van der Waals surface area contributed by atoms with Gasteiger partial charge in [-0.2, -0.15) is 0 Å².